The van der Waals surface area contributed by atoms with Crippen molar-refractivity contribution in [1.82, 2.24) is 10.6 Å². The molecule has 1 heterocycles. The number of guanidine groups is 1. The van der Waals surface area contributed by atoms with Crippen LogP contribution in [0.15, 0.2) is 57.9 Å². The number of carbonyl (C=O) groups is 1. The van der Waals surface area contributed by atoms with Gasteiger partial charge in [-0.25, -0.2) is 0 Å². The Balaban J connectivity index is 1.62. The minimum absolute atomic E-state index is 0.435. The molecule has 0 atom stereocenters. The summed E-state index contributed by atoms with van der Waals surface area (Å²) in [6, 6.07) is 15.2. The minimum Gasteiger partial charge on any atom is -0.459 e. The summed E-state index contributed by atoms with van der Waals surface area (Å²) in [7, 11) is 1.71. The molecule has 3 rings (SSSR count). The van der Waals surface area contributed by atoms with E-state index in [0.29, 0.717) is 24.6 Å². The fraction of sp³-hybridized carbons (Fsp3) is 0.200. The minimum atomic E-state index is -0.435. The van der Waals surface area contributed by atoms with Gasteiger partial charge in [0.15, 0.2) is 5.96 Å². The molecule has 134 valence electrons. The lowest BCUT2D eigenvalue weighted by molar-refractivity contribution is 0.1000. The van der Waals surface area contributed by atoms with E-state index in [0.717, 1.165) is 27.9 Å². The molecule has 0 aliphatic carbocycles. The van der Waals surface area contributed by atoms with Crippen LogP contribution < -0.4 is 16.4 Å². The average molecular weight is 350 g/mol. The summed E-state index contributed by atoms with van der Waals surface area (Å²) in [4.78, 5) is 15.5. The summed E-state index contributed by atoms with van der Waals surface area (Å²) in [5.41, 5.74) is 8.76. The van der Waals surface area contributed by atoms with Gasteiger partial charge in [0.05, 0.1) is 6.54 Å². The van der Waals surface area contributed by atoms with Crippen LogP contribution in [0.25, 0.3) is 11.0 Å². The Bertz CT molecular complexity index is 959. The van der Waals surface area contributed by atoms with Crippen molar-refractivity contribution in [3.8, 4) is 0 Å². The van der Waals surface area contributed by atoms with Crippen molar-refractivity contribution in [2.24, 2.45) is 10.7 Å². The number of primary amides is 1. The highest BCUT2D eigenvalue weighted by Crippen LogP contribution is 2.24. The smallest absolute Gasteiger partial charge is 0.248 e. The number of aliphatic imine (C=N–C) groups is 1. The van der Waals surface area contributed by atoms with Crippen LogP contribution in [0.5, 0.6) is 0 Å². The van der Waals surface area contributed by atoms with Crippen LogP contribution in [0.4, 0.5) is 0 Å². The highest BCUT2D eigenvalue weighted by molar-refractivity contribution is 5.92. The Morgan fingerprint density at radius 2 is 1.88 bits per heavy atom. The zero-order chi connectivity index (χ0) is 18.5. The fourth-order valence-corrected chi connectivity index (χ4v) is 2.80. The molecule has 1 aromatic heterocycles. The van der Waals surface area contributed by atoms with E-state index in [2.05, 4.69) is 21.7 Å². The first kappa shape index (κ1) is 17.5. The van der Waals surface area contributed by atoms with E-state index in [-0.39, 0.29) is 0 Å². The third-order valence-electron chi connectivity index (χ3n) is 4.25. The summed E-state index contributed by atoms with van der Waals surface area (Å²) in [6.45, 7) is 3.11. The van der Waals surface area contributed by atoms with Crippen molar-refractivity contribution >= 4 is 22.8 Å². The van der Waals surface area contributed by atoms with Gasteiger partial charge in [0.1, 0.15) is 11.3 Å². The summed E-state index contributed by atoms with van der Waals surface area (Å²) in [6.07, 6.45) is 0. The maximum Gasteiger partial charge on any atom is 0.248 e. The monoisotopic (exact) mass is 350 g/mol. The number of fused-ring (bicyclic) bond motifs is 1. The van der Waals surface area contributed by atoms with Crippen molar-refractivity contribution in [1.29, 1.82) is 0 Å². The lowest BCUT2D eigenvalue weighted by Gasteiger charge is -2.11. The summed E-state index contributed by atoms with van der Waals surface area (Å²) < 4.78 is 5.90. The van der Waals surface area contributed by atoms with Gasteiger partial charge >= 0.3 is 0 Å². The van der Waals surface area contributed by atoms with Crippen LogP contribution >= 0.6 is 0 Å². The number of nitrogens with two attached hydrogens (primary N) is 1. The van der Waals surface area contributed by atoms with Crippen LogP contribution in [0.1, 0.15) is 27.2 Å². The number of rotatable bonds is 5. The molecule has 3 aromatic rings. The normalized spacial score (nSPS) is 11.5. The van der Waals surface area contributed by atoms with E-state index < -0.39 is 5.91 Å². The Morgan fingerprint density at radius 1 is 1.12 bits per heavy atom. The van der Waals surface area contributed by atoms with Crippen molar-refractivity contribution in [2.75, 3.05) is 7.05 Å². The number of furan rings is 1. The quantitative estimate of drug-likeness (QED) is 0.487. The Labute approximate surface area is 152 Å². The van der Waals surface area contributed by atoms with Crippen molar-refractivity contribution < 1.29 is 9.21 Å². The zero-order valence-corrected chi connectivity index (χ0v) is 14.9. The molecule has 0 bridgehead atoms. The van der Waals surface area contributed by atoms with Crippen molar-refractivity contribution in [3.05, 3.63) is 71.0 Å². The van der Waals surface area contributed by atoms with Gasteiger partial charge in [-0.2, -0.15) is 0 Å². The molecule has 0 spiro atoms. The first-order chi connectivity index (χ1) is 12.6. The lowest BCUT2D eigenvalue weighted by atomic mass is 10.1. The molecule has 0 unspecified atom stereocenters. The van der Waals surface area contributed by atoms with Crippen molar-refractivity contribution in [2.45, 2.75) is 20.0 Å². The summed E-state index contributed by atoms with van der Waals surface area (Å²) in [5.74, 6) is 1.09. The molecular formula is C20H22N4O2. The second kappa shape index (κ2) is 7.74. The van der Waals surface area contributed by atoms with E-state index >= 15 is 0 Å². The van der Waals surface area contributed by atoms with Crippen LogP contribution in [0.2, 0.25) is 0 Å². The van der Waals surface area contributed by atoms with Gasteiger partial charge in [-0.1, -0.05) is 30.3 Å². The predicted molar refractivity (Wildman–Crippen MR) is 103 cm³/mol. The predicted octanol–water partition coefficient (Wildman–Crippen LogP) is 2.71. The van der Waals surface area contributed by atoms with Crippen LogP contribution in [-0.2, 0) is 13.1 Å². The largest absolute Gasteiger partial charge is 0.459 e. The molecule has 6 heteroatoms. The maximum absolute atomic E-state index is 11.3. The Kier molecular flexibility index (Phi) is 5.22. The SMILES string of the molecule is CN=C(NCc1cccc(C(N)=O)c1)NCc1oc2ccccc2c1C. The standard InChI is InChI=1S/C20H22N4O2/c1-13-16-8-3-4-9-17(16)26-18(13)12-24-20(22-2)23-11-14-6-5-7-15(10-14)19(21)25/h3-10H,11-12H2,1-2H3,(H2,21,25)(H2,22,23,24). The topological polar surface area (TPSA) is 92.6 Å². The molecule has 0 saturated carbocycles. The van der Waals surface area contributed by atoms with Gasteiger partial charge in [0.2, 0.25) is 5.91 Å². The number of amides is 1. The number of nitrogens with zero attached hydrogens (tertiary/aromatic N) is 1. The van der Waals surface area contributed by atoms with Gasteiger partial charge in [-0.15, -0.1) is 0 Å². The molecule has 0 aliphatic rings. The maximum atomic E-state index is 11.3. The lowest BCUT2D eigenvalue weighted by Crippen LogP contribution is -2.36. The number of hydrogen-bond acceptors (Lipinski definition) is 3. The van der Waals surface area contributed by atoms with Gasteiger partial charge in [0, 0.05) is 30.1 Å². The van der Waals surface area contributed by atoms with Gasteiger partial charge in [-0.3, -0.25) is 9.79 Å². The van der Waals surface area contributed by atoms with Crippen molar-refractivity contribution in [3.63, 3.8) is 0 Å². The first-order valence-electron chi connectivity index (χ1n) is 8.38. The van der Waals surface area contributed by atoms with E-state index in [1.807, 2.05) is 37.3 Å². The van der Waals surface area contributed by atoms with Gasteiger partial charge < -0.3 is 20.8 Å². The van der Waals surface area contributed by atoms with E-state index in [1.165, 1.54) is 0 Å². The molecule has 6 nitrogen and oxygen atoms in total. The number of carbonyl (C=O) groups excluding carboxylic acids is 1. The van der Waals surface area contributed by atoms with Gasteiger partial charge in [-0.05, 0) is 30.7 Å². The highest BCUT2D eigenvalue weighted by Gasteiger charge is 2.10. The van der Waals surface area contributed by atoms with Crippen LogP contribution in [0.3, 0.4) is 0 Å². The first-order valence-corrected chi connectivity index (χ1v) is 8.38. The second-order valence-electron chi connectivity index (χ2n) is 5.99. The van der Waals surface area contributed by atoms with E-state index in [1.54, 1.807) is 19.2 Å². The fourth-order valence-electron chi connectivity index (χ4n) is 2.80. The summed E-state index contributed by atoms with van der Waals surface area (Å²) in [5, 5.41) is 7.59. The number of hydrogen-bond donors (Lipinski definition) is 3. The number of aryl methyl sites for hydroxylation is 1. The number of benzene rings is 2. The third kappa shape index (κ3) is 3.85. The Morgan fingerprint density at radius 3 is 2.62 bits per heavy atom. The second-order valence-corrected chi connectivity index (χ2v) is 5.99. The molecule has 1 amide bonds. The number of para-hydroxylation sites is 1. The summed E-state index contributed by atoms with van der Waals surface area (Å²) >= 11 is 0. The van der Waals surface area contributed by atoms with Crippen LogP contribution in [0, 0.1) is 6.92 Å². The average Bonchev–Trinajstić information content (AvgIpc) is 2.98. The Hall–Kier alpha value is -3.28. The molecular weight excluding hydrogens is 328 g/mol. The molecule has 26 heavy (non-hydrogen) atoms. The van der Waals surface area contributed by atoms with E-state index in [9.17, 15) is 4.79 Å². The molecule has 4 N–H and O–H groups in total. The van der Waals surface area contributed by atoms with E-state index in [4.69, 9.17) is 10.2 Å². The molecule has 2 aromatic carbocycles. The number of nitrogens with one attached hydrogen (secondary N) is 2. The molecule has 0 saturated heterocycles. The molecule has 0 fully saturated rings. The van der Waals surface area contributed by atoms with Gasteiger partial charge in [0.25, 0.3) is 0 Å². The third-order valence-corrected chi connectivity index (χ3v) is 4.25. The molecule has 0 radical (unpaired) electrons. The van der Waals surface area contributed by atoms with Crippen LogP contribution in [-0.4, -0.2) is 18.9 Å². The highest BCUT2D eigenvalue weighted by atomic mass is 16.3. The zero-order valence-electron chi connectivity index (χ0n) is 14.9. The molecule has 0 aliphatic heterocycles.